The third kappa shape index (κ3) is 2.63. The number of nitrogen functional groups attached to an aromatic ring is 1. The summed E-state index contributed by atoms with van der Waals surface area (Å²) in [5, 5.41) is 6.97. The number of benzene rings is 1. The van der Waals surface area contributed by atoms with Crippen LogP contribution in [-0.2, 0) is 7.05 Å². The van der Waals surface area contributed by atoms with Crippen LogP contribution in [-0.4, -0.2) is 22.8 Å². The number of carbonyl (C=O) groups is 1. The van der Waals surface area contributed by atoms with E-state index in [9.17, 15) is 4.79 Å². The molecule has 0 spiro atoms. The summed E-state index contributed by atoms with van der Waals surface area (Å²) in [4.78, 5) is 12.2. The van der Waals surface area contributed by atoms with Gasteiger partial charge in [0, 0.05) is 19.2 Å². The number of nitrogens with zero attached hydrogens (tertiary/aromatic N) is 2. The molecule has 1 aromatic carbocycles. The summed E-state index contributed by atoms with van der Waals surface area (Å²) in [7, 11) is 3.19. The zero-order chi connectivity index (χ0) is 14.0. The average molecular weight is 281 g/mol. The monoisotopic (exact) mass is 280 g/mol. The standard InChI is InChI=1S/C12H13ClN4O2/c1-17-11(3-4-15-17)16-12(18)7-5-8(13)9(14)6-10(7)19-2/h3-6H,14H2,1-2H3,(H,16,18). The van der Waals surface area contributed by atoms with Gasteiger partial charge in [-0.1, -0.05) is 11.6 Å². The number of nitrogens with two attached hydrogens (primary N) is 1. The average Bonchev–Trinajstić information content (AvgIpc) is 2.77. The number of aryl methyl sites for hydroxylation is 1. The molecular formula is C12H13ClN4O2. The van der Waals surface area contributed by atoms with Crippen LogP contribution in [0.2, 0.25) is 5.02 Å². The fourth-order valence-corrected chi connectivity index (χ4v) is 1.76. The summed E-state index contributed by atoms with van der Waals surface area (Å²) in [6, 6.07) is 4.67. The molecule has 0 aliphatic rings. The van der Waals surface area contributed by atoms with Crippen LogP contribution in [0.3, 0.4) is 0 Å². The summed E-state index contributed by atoms with van der Waals surface area (Å²) >= 11 is 5.92. The van der Waals surface area contributed by atoms with E-state index in [1.54, 1.807) is 24.0 Å². The molecule has 2 aromatic rings. The number of hydrogen-bond acceptors (Lipinski definition) is 4. The van der Waals surface area contributed by atoms with Crippen LogP contribution in [0, 0.1) is 0 Å². The first-order valence-electron chi connectivity index (χ1n) is 5.45. The largest absolute Gasteiger partial charge is 0.496 e. The summed E-state index contributed by atoms with van der Waals surface area (Å²) in [5.41, 5.74) is 6.33. The predicted molar refractivity (Wildman–Crippen MR) is 73.6 cm³/mol. The van der Waals surface area contributed by atoms with Gasteiger partial charge in [0.25, 0.3) is 5.91 Å². The predicted octanol–water partition coefficient (Wildman–Crippen LogP) is 1.92. The van der Waals surface area contributed by atoms with Crippen LogP contribution in [0.25, 0.3) is 0 Å². The Kier molecular flexibility index (Phi) is 3.62. The minimum absolute atomic E-state index is 0.302. The van der Waals surface area contributed by atoms with Crippen LogP contribution < -0.4 is 15.8 Å². The van der Waals surface area contributed by atoms with E-state index in [-0.39, 0.29) is 5.91 Å². The molecule has 0 unspecified atom stereocenters. The van der Waals surface area contributed by atoms with Crippen molar-refractivity contribution in [3.63, 3.8) is 0 Å². The summed E-state index contributed by atoms with van der Waals surface area (Å²) < 4.78 is 6.67. The van der Waals surface area contributed by atoms with Crippen LogP contribution in [0.4, 0.5) is 11.5 Å². The normalized spacial score (nSPS) is 10.3. The van der Waals surface area contributed by atoms with Gasteiger partial charge >= 0.3 is 0 Å². The van der Waals surface area contributed by atoms with E-state index < -0.39 is 0 Å². The second-order valence-corrected chi connectivity index (χ2v) is 4.28. The van der Waals surface area contributed by atoms with Gasteiger partial charge in [-0.05, 0) is 6.07 Å². The van der Waals surface area contributed by atoms with Crippen LogP contribution >= 0.6 is 11.6 Å². The fraction of sp³-hybridized carbons (Fsp3) is 0.167. The Labute approximate surface area is 115 Å². The molecule has 2 rings (SSSR count). The lowest BCUT2D eigenvalue weighted by Crippen LogP contribution is -2.15. The highest BCUT2D eigenvalue weighted by atomic mass is 35.5. The van der Waals surface area contributed by atoms with E-state index in [0.717, 1.165) is 0 Å². The van der Waals surface area contributed by atoms with Gasteiger partial charge in [-0.15, -0.1) is 0 Å². The maximum Gasteiger partial charge on any atom is 0.260 e. The van der Waals surface area contributed by atoms with E-state index in [4.69, 9.17) is 22.1 Å². The highest BCUT2D eigenvalue weighted by Gasteiger charge is 2.16. The highest BCUT2D eigenvalue weighted by Crippen LogP contribution is 2.29. The van der Waals surface area contributed by atoms with E-state index in [2.05, 4.69) is 10.4 Å². The van der Waals surface area contributed by atoms with Gasteiger partial charge in [0.05, 0.1) is 29.6 Å². The Morgan fingerprint density at radius 2 is 2.26 bits per heavy atom. The zero-order valence-corrected chi connectivity index (χ0v) is 11.2. The van der Waals surface area contributed by atoms with E-state index in [1.807, 2.05) is 0 Å². The lowest BCUT2D eigenvalue weighted by molar-refractivity contribution is 0.102. The molecule has 0 aliphatic carbocycles. The van der Waals surface area contributed by atoms with Gasteiger partial charge in [-0.25, -0.2) is 0 Å². The molecule has 1 aromatic heterocycles. The lowest BCUT2D eigenvalue weighted by Gasteiger charge is -2.11. The lowest BCUT2D eigenvalue weighted by atomic mass is 10.1. The minimum atomic E-state index is -0.345. The first-order chi connectivity index (χ1) is 9.02. The molecular weight excluding hydrogens is 268 g/mol. The van der Waals surface area contributed by atoms with Crippen molar-refractivity contribution in [1.29, 1.82) is 0 Å². The Balaban J connectivity index is 2.33. The SMILES string of the molecule is COc1cc(N)c(Cl)cc1C(=O)Nc1ccnn1C. The topological polar surface area (TPSA) is 82.2 Å². The number of amides is 1. The maximum absolute atomic E-state index is 12.2. The van der Waals surface area contributed by atoms with Crippen molar-refractivity contribution in [1.82, 2.24) is 9.78 Å². The number of rotatable bonds is 3. The molecule has 0 fully saturated rings. The third-order valence-electron chi connectivity index (χ3n) is 2.63. The summed E-state index contributed by atoms with van der Waals surface area (Å²) in [5.74, 6) is 0.587. The molecule has 100 valence electrons. The number of nitrogens with one attached hydrogen (secondary N) is 1. The second-order valence-electron chi connectivity index (χ2n) is 3.87. The minimum Gasteiger partial charge on any atom is -0.496 e. The van der Waals surface area contributed by atoms with Gasteiger partial charge in [-0.3, -0.25) is 9.48 Å². The molecule has 0 aliphatic heterocycles. The molecule has 0 atom stereocenters. The van der Waals surface area contributed by atoms with Gasteiger partial charge in [0.15, 0.2) is 0 Å². The van der Waals surface area contributed by atoms with Crippen molar-refractivity contribution in [3.8, 4) is 5.75 Å². The quantitative estimate of drug-likeness (QED) is 0.842. The second kappa shape index (κ2) is 5.19. The van der Waals surface area contributed by atoms with Crippen molar-refractivity contribution >= 4 is 29.0 Å². The fourth-order valence-electron chi connectivity index (χ4n) is 1.60. The van der Waals surface area contributed by atoms with Crippen LogP contribution in [0.5, 0.6) is 5.75 Å². The molecule has 19 heavy (non-hydrogen) atoms. The molecule has 7 heteroatoms. The Bertz CT molecular complexity index is 624. The molecule has 0 saturated heterocycles. The molecule has 0 saturated carbocycles. The Hall–Kier alpha value is -2.21. The molecule has 1 heterocycles. The maximum atomic E-state index is 12.2. The number of carbonyl (C=O) groups excluding carboxylic acids is 1. The van der Waals surface area contributed by atoms with Crippen LogP contribution in [0.1, 0.15) is 10.4 Å². The van der Waals surface area contributed by atoms with Crippen molar-refractivity contribution in [2.45, 2.75) is 0 Å². The summed E-state index contributed by atoms with van der Waals surface area (Å²) in [6.07, 6.45) is 1.59. The number of anilines is 2. The van der Waals surface area contributed by atoms with Crippen molar-refractivity contribution in [2.24, 2.45) is 7.05 Å². The van der Waals surface area contributed by atoms with Crippen LogP contribution in [0.15, 0.2) is 24.4 Å². The first-order valence-corrected chi connectivity index (χ1v) is 5.83. The number of hydrogen-bond donors (Lipinski definition) is 2. The van der Waals surface area contributed by atoms with Gasteiger partial charge < -0.3 is 15.8 Å². The molecule has 6 nitrogen and oxygen atoms in total. The van der Waals surface area contributed by atoms with E-state index in [0.29, 0.717) is 27.8 Å². The smallest absolute Gasteiger partial charge is 0.260 e. The van der Waals surface area contributed by atoms with Gasteiger partial charge in [0.1, 0.15) is 11.6 Å². The number of aromatic nitrogens is 2. The number of ether oxygens (including phenoxy) is 1. The third-order valence-corrected chi connectivity index (χ3v) is 2.95. The number of halogens is 1. The molecule has 0 bridgehead atoms. The van der Waals surface area contributed by atoms with Gasteiger partial charge in [0.2, 0.25) is 0 Å². The van der Waals surface area contributed by atoms with E-state index >= 15 is 0 Å². The van der Waals surface area contributed by atoms with Crippen molar-refractivity contribution in [2.75, 3.05) is 18.2 Å². The molecule has 1 amide bonds. The molecule has 3 N–H and O–H groups in total. The molecule has 0 radical (unpaired) electrons. The Morgan fingerprint density at radius 3 is 2.84 bits per heavy atom. The zero-order valence-electron chi connectivity index (χ0n) is 10.5. The first kappa shape index (κ1) is 13.2. The van der Waals surface area contributed by atoms with Crippen molar-refractivity contribution in [3.05, 3.63) is 35.0 Å². The highest BCUT2D eigenvalue weighted by molar-refractivity contribution is 6.33. The van der Waals surface area contributed by atoms with E-state index in [1.165, 1.54) is 19.2 Å². The number of methoxy groups -OCH3 is 1. The summed E-state index contributed by atoms with van der Waals surface area (Å²) in [6.45, 7) is 0. The van der Waals surface area contributed by atoms with Gasteiger partial charge in [-0.2, -0.15) is 5.10 Å². The van der Waals surface area contributed by atoms with Crippen molar-refractivity contribution < 1.29 is 9.53 Å². The Morgan fingerprint density at radius 1 is 1.53 bits per heavy atom.